The molecule has 3 rings (SSSR count). The van der Waals surface area contributed by atoms with E-state index in [1.165, 1.54) is 24.8 Å². The Morgan fingerprint density at radius 1 is 1.14 bits per heavy atom. The van der Waals surface area contributed by atoms with Gasteiger partial charge in [0.2, 0.25) is 0 Å². The number of hydrogen-bond acceptors (Lipinski definition) is 4. The number of fused-ring (bicyclic) bond motifs is 2. The Hall–Kier alpha value is -0.780. The molecule has 0 aliphatic carbocycles. The van der Waals surface area contributed by atoms with Crippen LogP contribution in [0.4, 0.5) is 0 Å². The quantitative estimate of drug-likeness (QED) is 0.901. The molecule has 2 aliphatic heterocycles. The minimum atomic E-state index is 0.654. The van der Waals surface area contributed by atoms with Crippen molar-refractivity contribution in [3.8, 4) is 11.5 Å². The summed E-state index contributed by atoms with van der Waals surface area (Å²) in [6.45, 7) is 3.19. The lowest BCUT2D eigenvalue weighted by molar-refractivity contribution is 0.246. The Morgan fingerprint density at radius 3 is 2.67 bits per heavy atom. The maximum Gasteiger partial charge on any atom is 0.133 e. The van der Waals surface area contributed by atoms with Gasteiger partial charge in [0.25, 0.3) is 0 Å². The lowest BCUT2D eigenvalue weighted by Crippen LogP contribution is -2.35. The van der Waals surface area contributed by atoms with Crippen LogP contribution in [0.1, 0.15) is 24.8 Å². The number of likely N-dealkylation sites (tertiary alicyclic amines) is 1. The predicted molar refractivity (Wildman–Crippen MR) is 87.1 cm³/mol. The number of nitrogens with one attached hydrogen (secondary N) is 1. The van der Waals surface area contributed by atoms with E-state index in [-0.39, 0.29) is 0 Å². The summed E-state index contributed by atoms with van der Waals surface area (Å²) in [6.07, 6.45) is 3.89. The van der Waals surface area contributed by atoms with Gasteiger partial charge in [-0.05, 0) is 47.3 Å². The second-order valence-electron chi connectivity index (χ2n) is 5.96. The van der Waals surface area contributed by atoms with E-state index in [0.29, 0.717) is 6.04 Å². The van der Waals surface area contributed by atoms with Gasteiger partial charge in [0.15, 0.2) is 0 Å². The standard InChI is InChI=1S/C16H23BrN2O2/c1-20-15-8-14(17)16(21-2)7-11(15)9-19-6-5-12-3-4-13(10-19)18-12/h7-8,12-13,18H,3-6,9-10H2,1-2H3. The summed E-state index contributed by atoms with van der Waals surface area (Å²) < 4.78 is 11.9. The largest absolute Gasteiger partial charge is 0.496 e. The van der Waals surface area contributed by atoms with Crippen molar-refractivity contribution in [2.75, 3.05) is 27.3 Å². The van der Waals surface area contributed by atoms with Crippen LogP contribution in [0, 0.1) is 0 Å². The van der Waals surface area contributed by atoms with Gasteiger partial charge in [0.05, 0.1) is 18.7 Å². The van der Waals surface area contributed by atoms with Gasteiger partial charge in [-0.1, -0.05) is 0 Å². The topological polar surface area (TPSA) is 33.7 Å². The Labute approximate surface area is 134 Å². The van der Waals surface area contributed by atoms with Crippen LogP contribution in [-0.2, 0) is 6.54 Å². The average Bonchev–Trinajstić information content (AvgIpc) is 2.82. The molecule has 2 bridgehead atoms. The van der Waals surface area contributed by atoms with E-state index in [4.69, 9.17) is 9.47 Å². The summed E-state index contributed by atoms with van der Waals surface area (Å²) in [5.74, 6) is 1.78. The normalized spacial score (nSPS) is 25.7. The summed E-state index contributed by atoms with van der Waals surface area (Å²) in [7, 11) is 3.43. The minimum absolute atomic E-state index is 0.654. The van der Waals surface area contributed by atoms with E-state index >= 15 is 0 Å². The summed E-state index contributed by atoms with van der Waals surface area (Å²) in [6, 6.07) is 5.46. The van der Waals surface area contributed by atoms with Gasteiger partial charge in [0.1, 0.15) is 11.5 Å². The second kappa shape index (κ2) is 6.55. The van der Waals surface area contributed by atoms with Crippen LogP contribution in [0.2, 0.25) is 0 Å². The first-order valence-corrected chi connectivity index (χ1v) is 8.37. The van der Waals surface area contributed by atoms with Crippen molar-refractivity contribution >= 4 is 15.9 Å². The minimum Gasteiger partial charge on any atom is -0.496 e. The van der Waals surface area contributed by atoms with Gasteiger partial charge in [-0.15, -0.1) is 0 Å². The highest BCUT2D eigenvalue weighted by atomic mass is 79.9. The number of hydrogen-bond donors (Lipinski definition) is 1. The van der Waals surface area contributed by atoms with Crippen LogP contribution < -0.4 is 14.8 Å². The number of halogens is 1. The molecular weight excluding hydrogens is 332 g/mol. The lowest BCUT2D eigenvalue weighted by Gasteiger charge is -2.25. The molecule has 0 amide bonds. The van der Waals surface area contributed by atoms with Gasteiger partial charge >= 0.3 is 0 Å². The average molecular weight is 355 g/mol. The molecule has 1 N–H and O–H groups in total. The van der Waals surface area contributed by atoms with Crippen molar-refractivity contribution < 1.29 is 9.47 Å². The second-order valence-corrected chi connectivity index (χ2v) is 6.81. The van der Waals surface area contributed by atoms with Crippen LogP contribution in [-0.4, -0.2) is 44.3 Å². The molecule has 2 fully saturated rings. The molecule has 0 spiro atoms. The summed E-state index contributed by atoms with van der Waals surface area (Å²) >= 11 is 3.52. The van der Waals surface area contributed by atoms with E-state index in [2.05, 4.69) is 32.2 Å². The highest BCUT2D eigenvalue weighted by Gasteiger charge is 2.29. The fourth-order valence-corrected chi connectivity index (χ4v) is 3.93. The zero-order chi connectivity index (χ0) is 14.8. The molecule has 2 aliphatic rings. The lowest BCUT2D eigenvalue weighted by atomic mass is 10.1. The molecule has 0 aromatic heterocycles. The molecule has 5 heteroatoms. The Kier molecular flexibility index (Phi) is 4.72. The van der Waals surface area contributed by atoms with Gasteiger partial charge in [0, 0.05) is 37.3 Å². The molecule has 2 saturated heterocycles. The molecule has 1 aromatic rings. The molecule has 2 heterocycles. The first kappa shape index (κ1) is 15.1. The third kappa shape index (κ3) is 3.35. The van der Waals surface area contributed by atoms with E-state index in [9.17, 15) is 0 Å². The fourth-order valence-electron chi connectivity index (χ4n) is 3.45. The van der Waals surface area contributed by atoms with Crippen LogP contribution in [0.3, 0.4) is 0 Å². The summed E-state index contributed by atoms with van der Waals surface area (Å²) in [4.78, 5) is 2.53. The van der Waals surface area contributed by atoms with Crippen molar-refractivity contribution in [2.45, 2.75) is 37.9 Å². The number of benzene rings is 1. The highest BCUT2D eigenvalue weighted by molar-refractivity contribution is 9.10. The van der Waals surface area contributed by atoms with Crippen molar-refractivity contribution in [3.63, 3.8) is 0 Å². The Bertz CT molecular complexity index is 509. The van der Waals surface area contributed by atoms with Gasteiger partial charge in [-0.3, -0.25) is 4.90 Å². The van der Waals surface area contributed by atoms with Gasteiger partial charge < -0.3 is 14.8 Å². The summed E-state index contributed by atoms with van der Waals surface area (Å²) in [5, 5.41) is 3.72. The third-order valence-electron chi connectivity index (χ3n) is 4.56. The molecule has 0 saturated carbocycles. The Morgan fingerprint density at radius 2 is 1.90 bits per heavy atom. The molecular formula is C16H23BrN2O2. The van der Waals surface area contributed by atoms with E-state index in [1.54, 1.807) is 14.2 Å². The first-order valence-electron chi connectivity index (χ1n) is 7.58. The van der Waals surface area contributed by atoms with E-state index in [1.807, 2.05) is 6.07 Å². The highest BCUT2D eigenvalue weighted by Crippen LogP contribution is 2.34. The SMILES string of the molecule is COc1cc(CN2CCC3CCC(C2)N3)c(OC)cc1Br. The number of methoxy groups -OCH3 is 2. The van der Waals surface area contributed by atoms with E-state index < -0.39 is 0 Å². The zero-order valence-electron chi connectivity index (χ0n) is 12.7. The zero-order valence-corrected chi connectivity index (χ0v) is 14.3. The van der Waals surface area contributed by atoms with Crippen LogP contribution in [0.25, 0.3) is 0 Å². The molecule has 1 aromatic carbocycles. The van der Waals surface area contributed by atoms with Crippen molar-refractivity contribution in [1.82, 2.24) is 10.2 Å². The smallest absolute Gasteiger partial charge is 0.133 e. The number of ether oxygens (including phenoxy) is 2. The molecule has 4 nitrogen and oxygen atoms in total. The maximum absolute atomic E-state index is 5.53. The molecule has 0 radical (unpaired) electrons. The van der Waals surface area contributed by atoms with Crippen LogP contribution in [0.15, 0.2) is 16.6 Å². The fraction of sp³-hybridized carbons (Fsp3) is 0.625. The van der Waals surface area contributed by atoms with Gasteiger partial charge in [-0.2, -0.15) is 0 Å². The number of rotatable bonds is 4. The molecule has 2 atom stereocenters. The predicted octanol–water partition coefficient (Wildman–Crippen LogP) is 2.79. The molecule has 116 valence electrons. The number of nitrogens with zero attached hydrogens (tertiary/aromatic N) is 1. The monoisotopic (exact) mass is 354 g/mol. The van der Waals surface area contributed by atoms with Crippen molar-refractivity contribution in [1.29, 1.82) is 0 Å². The maximum atomic E-state index is 5.53. The Balaban J connectivity index is 1.77. The van der Waals surface area contributed by atoms with Crippen LogP contribution >= 0.6 is 15.9 Å². The molecule has 21 heavy (non-hydrogen) atoms. The first-order chi connectivity index (χ1) is 10.2. The van der Waals surface area contributed by atoms with Crippen LogP contribution in [0.5, 0.6) is 11.5 Å². The third-order valence-corrected chi connectivity index (χ3v) is 5.18. The van der Waals surface area contributed by atoms with Crippen molar-refractivity contribution in [2.24, 2.45) is 0 Å². The van der Waals surface area contributed by atoms with Gasteiger partial charge in [-0.25, -0.2) is 0 Å². The molecule has 2 unspecified atom stereocenters. The van der Waals surface area contributed by atoms with E-state index in [0.717, 1.165) is 41.6 Å². The van der Waals surface area contributed by atoms with Crippen molar-refractivity contribution in [3.05, 3.63) is 22.2 Å². The summed E-state index contributed by atoms with van der Waals surface area (Å²) in [5.41, 5.74) is 1.19.